The molecule has 1 aromatic heterocycles. The summed E-state index contributed by atoms with van der Waals surface area (Å²) in [6, 6.07) is 10.8. The van der Waals surface area contributed by atoms with Crippen molar-refractivity contribution in [2.75, 3.05) is 10.6 Å². The maximum absolute atomic E-state index is 14.1. The zero-order valence-corrected chi connectivity index (χ0v) is 16.1. The van der Waals surface area contributed by atoms with Gasteiger partial charge in [-0.05, 0) is 36.4 Å². The summed E-state index contributed by atoms with van der Waals surface area (Å²) < 4.78 is 14.1. The third kappa shape index (κ3) is 4.88. The molecule has 3 rings (SSSR count). The Balaban J connectivity index is 1.86. The van der Waals surface area contributed by atoms with E-state index in [0.29, 0.717) is 5.02 Å². The van der Waals surface area contributed by atoms with Gasteiger partial charge in [-0.25, -0.2) is 14.2 Å². The fraction of sp³-hybridized carbons (Fsp3) is 0. The first kappa shape index (κ1) is 20.3. The maximum atomic E-state index is 14.1. The summed E-state index contributed by atoms with van der Waals surface area (Å²) in [5.41, 5.74) is -0.0144. The summed E-state index contributed by atoms with van der Waals surface area (Å²) >= 11 is 11.8. The van der Waals surface area contributed by atoms with Crippen molar-refractivity contribution < 1.29 is 14.0 Å². The lowest BCUT2D eigenvalue weighted by atomic mass is 10.1. The highest BCUT2D eigenvalue weighted by atomic mass is 35.5. The Bertz CT molecular complexity index is 1140. The maximum Gasteiger partial charge on any atom is 0.258 e. The summed E-state index contributed by atoms with van der Waals surface area (Å²) in [6.45, 7) is 6.89. The molecule has 144 valence electrons. The zero-order valence-electron chi connectivity index (χ0n) is 14.5. The second kappa shape index (κ2) is 8.69. The molecule has 0 saturated heterocycles. The van der Waals surface area contributed by atoms with Gasteiger partial charge in [-0.1, -0.05) is 35.3 Å². The van der Waals surface area contributed by atoms with Crippen molar-refractivity contribution in [2.45, 2.75) is 0 Å². The standard InChI is InChI=1S/C20H11Cl2FN4O2/c1-24-13-4-5-14(16(23)9-13)19(28)26-17-6-2-11(21)8-15(17)20(29)27-18-7-3-12(22)10-25-18/h2-10H,(H,26,28)(H,25,27,29). The van der Waals surface area contributed by atoms with Crippen molar-refractivity contribution in [3.8, 4) is 0 Å². The first-order valence-electron chi connectivity index (χ1n) is 8.08. The molecule has 3 aromatic rings. The molecule has 0 saturated carbocycles. The minimum Gasteiger partial charge on any atom is -0.321 e. The first-order chi connectivity index (χ1) is 13.9. The fourth-order valence-electron chi connectivity index (χ4n) is 2.39. The molecule has 9 heteroatoms. The Hall–Kier alpha value is -3.47. The van der Waals surface area contributed by atoms with E-state index in [1.54, 1.807) is 6.07 Å². The van der Waals surface area contributed by atoms with E-state index in [0.717, 1.165) is 6.07 Å². The third-order valence-corrected chi connectivity index (χ3v) is 4.23. The van der Waals surface area contributed by atoms with Crippen LogP contribution in [0.3, 0.4) is 0 Å². The van der Waals surface area contributed by atoms with Gasteiger partial charge in [0, 0.05) is 11.2 Å². The van der Waals surface area contributed by atoms with Gasteiger partial charge in [-0.2, -0.15) is 0 Å². The number of carbonyl (C=O) groups excluding carboxylic acids is 2. The van der Waals surface area contributed by atoms with E-state index < -0.39 is 17.6 Å². The number of carbonyl (C=O) groups is 2. The molecule has 0 bridgehead atoms. The highest BCUT2D eigenvalue weighted by Crippen LogP contribution is 2.24. The second-order valence-electron chi connectivity index (χ2n) is 5.74. The summed E-state index contributed by atoms with van der Waals surface area (Å²) in [7, 11) is 0. The molecule has 0 aliphatic carbocycles. The predicted octanol–water partition coefficient (Wildman–Crippen LogP) is 5.58. The molecular formula is C20H11Cl2FN4O2. The van der Waals surface area contributed by atoms with Crippen LogP contribution in [0.15, 0.2) is 54.7 Å². The molecule has 0 atom stereocenters. The number of anilines is 2. The van der Waals surface area contributed by atoms with E-state index in [1.807, 2.05) is 0 Å². The molecule has 0 aliphatic heterocycles. The van der Waals surface area contributed by atoms with Crippen LogP contribution in [-0.4, -0.2) is 16.8 Å². The van der Waals surface area contributed by atoms with Crippen LogP contribution in [0.1, 0.15) is 20.7 Å². The quantitative estimate of drug-likeness (QED) is 0.532. The number of nitrogens with zero attached hydrogens (tertiary/aromatic N) is 2. The Morgan fingerprint density at radius 1 is 0.931 bits per heavy atom. The van der Waals surface area contributed by atoms with Crippen LogP contribution in [0.2, 0.25) is 10.0 Å². The molecule has 6 nitrogen and oxygen atoms in total. The van der Waals surface area contributed by atoms with Crippen LogP contribution >= 0.6 is 23.2 Å². The van der Waals surface area contributed by atoms with Gasteiger partial charge in [-0.15, -0.1) is 0 Å². The molecule has 1 heterocycles. The molecule has 2 amide bonds. The number of hydrogen-bond donors (Lipinski definition) is 2. The summed E-state index contributed by atoms with van der Waals surface area (Å²) in [5.74, 6) is -1.96. The van der Waals surface area contributed by atoms with Crippen LogP contribution < -0.4 is 10.6 Å². The first-order valence-corrected chi connectivity index (χ1v) is 8.84. The third-order valence-electron chi connectivity index (χ3n) is 3.77. The predicted molar refractivity (Wildman–Crippen MR) is 109 cm³/mol. The Morgan fingerprint density at radius 3 is 2.31 bits per heavy atom. The number of aromatic nitrogens is 1. The molecule has 0 aliphatic rings. The molecule has 29 heavy (non-hydrogen) atoms. The van der Waals surface area contributed by atoms with E-state index in [-0.39, 0.29) is 33.3 Å². The van der Waals surface area contributed by atoms with Gasteiger partial charge in [-0.3, -0.25) is 9.59 Å². The highest BCUT2D eigenvalue weighted by Gasteiger charge is 2.18. The average Bonchev–Trinajstić information content (AvgIpc) is 2.70. The minimum absolute atomic E-state index is 0.0563. The van der Waals surface area contributed by atoms with Crippen LogP contribution in [0.25, 0.3) is 4.85 Å². The van der Waals surface area contributed by atoms with Crippen molar-refractivity contribution in [1.29, 1.82) is 0 Å². The zero-order chi connectivity index (χ0) is 21.0. The number of amides is 2. The van der Waals surface area contributed by atoms with Gasteiger partial charge in [0.2, 0.25) is 0 Å². The van der Waals surface area contributed by atoms with Gasteiger partial charge in [0.1, 0.15) is 11.6 Å². The van der Waals surface area contributed by atoms with E-state index >= 15 is 0 Å². The Labute approximate surface area is 175 Å². The molecule has 2 aromatic carbocycles. The van der Waals surface area contributed by atoms with Crippen LogP contribution in [0.5, 0.6) is 0 Å². The van der Waals surface area contributed by atoms with Gasteiger partial charge in [0.25, 0.3) is 11.8 Å². The summed E-state index contributed by atoms with van der Waals surface area (Å²) in [5, 5.41) is 5.73. The van der Waals surface area contributed by atoms with Crippen molar-refractivity contribution >= 4 is 52.2 Å². The van der Waals surface area contributed by atoms with Gasteiger partial charge in [0.15, 0.2) is 5.69 Å². The summed E-state index contributed by atoms with van der Waals surface area (Å²) in [6.07, 6.45) is 1.37. The largest absolute Gasteiger partial charge is 0.321 e. The molecule has 0 spiro atoms. The lowest BCUT2D eigenvalue weighted by Gasteiger charge is -2.12. The Kier molecular flexibility index (Phi) is 6.07. The average molecular weight is 429 g/mol. The van der Waals surface area contributed by atoms with Crippen LogP contribution in [0, 0.1) is 12.4 Å². The molecule has 0 unspecified atom stereocenters. The number of rotatable bonds is 4. The summed E-state index contributed by atoms with van der Waals surface area (Å²) in [4.78, 5) is 32.2. The van der Waals surface area contributed by atoms with E-state index in [9.17, 15) is 14.0 Å². The smallest absolute Gasteiger partial charge is 0.258 e. The van der Waals surface area contributed by atoms with E-state index in [1.165, 1.54) is 42.6 Å². The van der Waals surface area contributed by atoms with Crippen molar-refractivity contribution in [2.24, 2.45) is 0 Å². The SMILES string of the molecule is [C-]#[N+]c1ccc(C(=O)Nc2ccc(Cl)cc2C(=O)Nc2ccc(Cl)cn2)c(F)c1. The Morgan fingerprint density at radius 2 is 1.66 bits per heavy atom. The van der Waals surface area contributed by atoms with Crippen LogP contribution in [-0.2, 0) is 0 Å². The lowest BCUT2D eigenvalue weighted by Crippen LogP contribution is -2.19. The molecule has 0 fully saturated rings. The number of benzene rings is 2. The number of nitrogens with one attached hydrogen (secondary N) is 2. The number of pyridine rings is 1. The van der Waals surface area contributed by atoms with Crippen molar-refractivity contribution in [3.63, 3.8) is 0 Å². The monoisotopic (exact) mass is 428 g/mol. The minimum atomic E-state index is -0.846. The topological polar surface area (TPSA) is 75.5 Å². The second-order valence-corrected chi connectivity index (χ2v) is 6.61. The van der Waals surface area contributed by atoms with Gasteiger partial charge < -0.3 is 10.6 Å². The van der Waals surface area contributed by atoms with E-state index in [2.05, 4.69) is 20.5 Å². The normalized spacial score (nSPS) is 10.1. The van der Waals surface area contributed by atoms with Crippen molar-refractivity contribution in [3.05, 3.63) is 93.1 Å². The molecular weight excluding hydrogens is 418 g/mol. The van der Waals surface area contributed by atoms with Gasteiger partial charge >= 0.3 is 0 Å². The number of halogens is 3. The lowest BCUT2D eigenvalue weighted by molar-refractivity contribution is 0.102. The van der Waals surface area contributed by atoms with Crippen molar-refractivity contribution in [1.82, 2.24) is 4.98 Å². The molecule has 2 N–H and O–H groups in total. The number of hydrogen-bond acceptors (Lipinski definition) is 3. The van der Waals surface area contributed by atoms with Gasteiger partial charge in [0.05, 0.1) is 28.4 Å². The molecule has 0 radical (unpaired) electrons. The fourth-order valence-corrected chi connectivity index (χ4v) is 2.68. The highest BCUT2D eigenvalue weighted by molar-refractivity contribution is 6.31. The van der Waals surface area contributed by atoms with E-state index in [4.69, 9.17) is 29.8 Å². The van der Waals surface area contributed by atoms with Crippen LogP contribution in [0.4, 0.5) is 21.6 Å².